The van der Waals surface area contributed by atoms with Crippen LogP contribution in [0.25, 0.3) is 0 Å². The predicted octanol–water partition coefficient (Wildman–Crippen LogP) is 3.89. The van der Waals surface area contributed by atoms with Crippen molar-refractivity contribution in [3.63, 3.8) is 0 Å². The van der Waals surface area contributed by atoms with Crippen LogP contribution < -0.4 is 33.1 Å². The van der Waals surface area contributed by atoms with Gasteiger partial charge in [0.1, 0.15) is 15.5 Å². The van der Waals surface area contributed by atoms with Crippen molar-refractivity contribution in [3.05, 3.63) is 128 Å². The molecular formula is C36H28ClN13O16S4. The molecule has 70 heavy (non-hydrogen) atoms. The Bertz CT molecular complexity index is 3960. The van der Waals surface area contributed by atoms with E-state index in [1.165, 1.54) is 24.3 Å². The van der Waals surface area contributed by atoms with Gasteiger partial charge in [0.15, 0.2) is 32.7 Å². The van der Waals surface area contributed by atoms with Gasteiger partial charge in [0.05, 0.1) is 34.3 Å². The molecule has 0 saturated carbocycles. The number of rotatable bonds is 17. The first-order valence-electron chi connectivity index (χ1n) is 18.7. The minimum Gasteiger partial charge on any atom is -0.476 e. The molecular weight excluding hydrogens is 1030 g/mol. The van der Waals surface area contributed by atoms with Crippen molar-refractivity contribution in [2.24, 2.45) is 25.4 Å². The number of nitrogens with two attached hydrogens (primary N) is 1. The fourth-order valence-corrected chi connectivity index (χ4v) is 9.00. The number of aromatic nitrogens is 5. The maximum Gasteiger partial charge on any atom is 0.397 e. The van der Waals surface area contributed by atoms with E-state index in [0.29, 0.717) is 10.2 Å². The first-order valence-corrected chi connectivity index (χ1v) is 25.0. The van der Waals surface area contributed by atoms with E-state index in [0.717, 1.165) is 36.4 Å². The van der Waals surface area contributed by atoms with Gasteiger partial charge in [0.2, 0.25) is 16.9 Å². The summed E-state index contributed by atoms with van der Waals surface area (Å²) in [7, 11) is -18.9. The van der Waals surface area contributed by atoms with Crippen LogP contribution in [-0.2, 0) is 44.7 Å². The fourth-order valence-electron chi connectivity index (χ4n) is 6.08. The van der Waals surface area contributed by atoms with Crippen molar-refractivity contribution < 1.29 is 61.4 Å². The Balaban J connectivity index is 1.18. The number of fused-ring (bicyclic) bond motifs is 1. The number of sulfone groups is 1. The van der Waals surface area contributed by atoms with E-state index in [1.54, 1.807) is 30.3 Å². The summed E-state index contributed by atoms with van der Waals surface area (Å²) in [6, 6.07) is 19.3. The number of carboxylic acid groups (broad SMARTS) is 1. The van der Waals surface area contributed by atoms with Crippen molar-refractivity contribution in [2.75, 3.05) is 28.7 Å². The number of benzene rings is 4. The number of anilines is 5. The van der Waals surface area contributed by atoms with Crippen LogP contribution in [0.4, 0.5) is 57.3 Å². The van der Waals surface area contributed by atoms with E-state index in [4.69, 9.17) is 21.9 Å². The number of carboxylic acids is 1. The van der Waals surface area contributed by atoms with Crippen molar-refractivity contribution in [1.82, 2.24) is 24.0 Å². The summed E-state index contributed by atoms with van der Waals surface area (Å²) < 4.78 is 129. The average Bonchev–Trinajstić information content (AvgIpc) is 3.69. The van der Waals surface area contributed by atoms with Gasteiger partial charge in [-0.1, -0.05) is 18.2 Å². The van der Waals surface area contributed by atoms with Gasteiger partial charge in [-0.3, -0.25) is 28.2 Å². The Kier molecular flexibility index (Phi) is 13.7. The second-order valence-corrected chi connectivity index (χ2v) is 20.1. The second-order valence-electron chi connectivity index (χ2n) is 13.8. The summed E-state index contributed by atoms with van der Waals surface area (Å²) in [5.41, 5.74) is -0.414. The van der Waals surface area contributed by atoms with Crippen molar-refractivity contribution in [1.29, 1.82) is 0 Å². The standard InChI is InChI=1S/C36H28ClN13O16S4/c37-34-42-35(40-19-6-10-22(11-7-19)67(55,56)15-14-66-70(63,64)65)44-36(43-34)41-20-9-13-25(68(57,58)59)24(16-20)46-48-28-30(38)50-31(51)27(29(33(53)54)49(50)32(28)52)47-45-21-8-12-23(26(17-21)69(60,61)62)39-18-4-2-1-3-5-18/h1-13,16-17,39H,14-15,38H2,(H,53,54)(H,57,58,59)(H,60,61,62)(H,63,64,65)(H2,40,41,42,43,44). The molecule has 0 spiro atoms. The molecule has 0 aliphatic carbocycles. The molecule has 4 aromatic carbocycles. The number of hydrogen-bond acceptors (Lipinski definition) is 22. The van der Waals surface area contributed by atoms with Gasteiger partial charge in [-0.2, -0.15) is 49.4 Å². The van der Waals surface area contributed by atoms with Crippen LogP contribution in [0.3, 0.4) is 0 Å². The second kappa shape index (κ2) is 19.2. The Morgan fingerprint density at radius 2 is 1.36 bits per heavy atom. The number of aromatic amines is 1. The number of carbonyl (C=O) groups is 1. The molecule has 364 valence electrons. The summed E-state index contributed by atoms with van der Waals surface area (Å²) in [5, 5.41) is 30.2. The third kappa shape index (κ3) is 11.3. The van der Waals surface area contributed by atoms with Crippen LogP contribution in [0, 0.1) is 0 Å². The molecule has 0 fully saturated rings. The van der Waals surface area contributed by atoms with Gasteiger partial charge in [-0.05, 0) is 84.4 Å². The highest BCUT2D eigenvalue weighted by molar-refractivity contribution is 7.91. The lowest BCUT2D eigenvalue weighted by Crippen LogP contribution is -2.17. The van der Waals surface area contributed by atoms with Crippen LogP contribution in [0.2, 0.25) is 5.28 Å². The summed E-state index contributed by atoms with van der Waals surface area (Å²) in [6.07, 6.45) is 0. The molecule has 3 heterocycles. The summed E-state index contributed by atoms with van der Waals surface area (Å²) >= 11 is 6.13. The average molecular weight is 1060 g/mol. The third-order valence-corrected chi connectivity index (χ3v) is 13.2. The molecule has 0 amide bonds. The number of H-pyrrole nitrogens is 1. The highest BCUT2D eigenvalue weighted by atomic mass is 35.5. The zero-order valence-electron chi connectivity index (χ0n) is 34.4. The molecule has 29 nitrogen and oxygen atoms in total. The maximum absolute atomic E-state index is 13.6. The maximum atomic E-state index is 13.6. The lowest BCUT2D eigenvalue weighted by molar-refractivity contribution is 0.0688. The van der Waals surface area contributed by atoms with Crippen LogP contribution >= 0.6 is 11.6 Å². The topological polar surface area (TPSA) is 440 Å². The molecule has 0 atom stereocenters. The Hall–Kier alpha value is -7.89. The number of nitrogens with zero attached hydrogens (tertiary/aromatic N) is 9. The van der Waals surface area contributed by atoms with Gasteiger partial charge in [-0.25, -0.2) is 22.4 Å². The number of halogens is 1. The molecule has 0 aliphatic rings. The quantitative estimate of drug-likeness (QED) is 0.0473. The van der Waals surface area contributed by atoms with E-state index in [1.807, 2.05) is 0 Å². The first kappa shape index (κ1) is 50.0. The smallest absolute Gasteiger partial charge is 0.397 e. The summed E-state index contributed by atoms with van der Waals surface area (Å²) in [4.78, 5) is 52.7. The Labute approximate surface area is 396 Å². The molecule has 7 rings (SSSR count). The van der Waals surface area contributed by atoms with Crippen LogP contribution in [0.5, 0.6) is 0 Å². The Morgan fingerprint density at radius 3 is 2.00 bits per heavy atom. The normalized spacial score (nSPS) is 12.9. The number of aromatic carboxylic acids is 1. The van der Waals surface area contributed by atoms with Gasteiger partial charge in [0.25, 0.3) is 20.2 Å². The predicted molar refractivity (Wildman–Crippen MR) is 242 cm³/mol. The highest BCUT2D eigenvalue weighted by Gasteiger charge is 2.30. The zero-order valence-corrected chi connectivity index (χ0v) is 38.4. The van der Waals surface area contributed by atoms with Gasteiger partial charge < -0.3 is 21.5 Å². The van der Waals surface area contributed by atoms with Gasteiger partial charge in [-0.15, -0.1) is 15.3 Å². The molecule has 0 unspecified atom stereocenters. The zero-order chi connectivity index (χ0) is 50.9. The first-order chi connectivity index (χ1) is 32.8. The van der Waals surface area contributed by atoms with E-state index >= 15 is 0 Å². The number of hydrogen-bond donors (Lipinski definition) is 8. The van der Waals surface area contributed by atoms with Crippen LogP contribution in [0.1, 0.15) is 10.5 Å². The lowest BCUT2D eigenvalue weighted by atomic mass is 10.2. The van der Waals surface area contributed by atoms with Gasteiger partial charge in [0, 0.05) is 11.4 Å². The number of nitrogens with one attached hydrogen (secondary N) is 3. The molecule has 0 saturated heterocycles. The van der Waals surface area contributed by atoms with Crippen LogP contribution in [0.15, 0.2) is 141 Å². The molecule has 34 heteroatoms. The monoisotopic (exact) mass is 1060 g/mol. The van der Waals surface area contributed by atoms with Crippen LogP contribution in [-0.4, -0.2) is 94.7 Å². The fraction of sp³-hybridized carbons (Fsp3) is 0.0556. The van der Waals surface area contributed by atoms with E-state index in [9.17, 15) is 62.3 Å². The molecule has 0 bridgehead atoms. The Morgan fingerprint density at radius 1 is 0.729 bits per heavy atom. The molecule has 0 radical (unpaired) electrons. The van der Waals surface area contributed by atoms with Crippen molar-refractivity contribution >= 4 is 115 Å². The number of azo groups is 2. The van der Waals surface area contributed by atoms with Gasteiger partial charge >= 0.3 is 27.5 Å². The molecule has 3 aromatic heterocycles. The third-order valence-electron chi connectivity index (χ3n) is 9.06. The largest absolute Gasteiger partial charge is 0.476 e. The SMILES string of the molecule is Nc1c(N=Nc2cc(N=c3nc(Nc4ccc(S(=O)(=O)CCOS(=O)(=O)O)cc4)nc(Cl)[nH]3)ccc2S(=O)(=O)O)c(=O)n2c(C(=O)O)c(N=Nc3ccc(Nc4ccccc4)c(S(=O)(=O)O)c3)c(=O)n12. The molecule has 0 aliphatic heterocycles. The number of para-hydroxylation sites is 1. The van der Waals surface area contributed by atoms with E-state index in [-0.39, 0.29) is 49.0 Å². The lowest BCUT2D eigenvalue weighted by Gasteiger charge is -2.10. The molecule has 7 aromatic rings. The van der Waals surface area contributed by atoms with Crippen molar-refractivity contribution in [2.45, 2.75) is 14.7 Å². The van der Waals surface area contributed by atoms with E-state index in [2.05, 4.69) is 55.2 Å². The van der Waals surface area contributed by atoms with E-state index < -0.39 is 108 Å². The summed E-state index contributed by atoms with van der Waals surface area (Å²) in [5.74, 6) is -3.72. The summed E-state index contributed by atoms with van der Waals surface area (Å²) in [6.45, 7) is -0.846. The number of nitrogen functional groups attached to an aromatic ring is 1. The molecule has 9 N–H and O–H groups in total. The van der Waals surface area contributed by atoms with Crippen molar-refractivity contribution in [3.8, 4) is 0 Å². The minimum absolute atomic E-state index is 0.0789. The highest BCUT2D eigenvalue weighted by Crippen LogP contribution is 2.33. The minimum atomic E-state index is -5.08.